The molecule has 0 saturated heterocycles. The number of aliphatic hydroxyl groups excluding tert-OH is 1. The molecule has 0 amide bonds. The number of methoxy groups -OCH3 is 1. The van der Waals surface area contributed by atoms with Crippen LogP contribution in [0.15, 0.2) is 36.8 Å². The molecule has 0 aliphatic carbocycles. The fourth-order valence-electron chi connectivity index (χ4n) is 4.68. The summed E-state index contributed by atoms with van der Waals surface area (Å²) in [5, 5.41) is 15.1. The number of hydrogen-bond donors (Lipinski definition) is 1. The predicted molar refractivity (Wildman–Crippen MR) is 143 cm³/mol. The quantitative estimate of drug-likeness (QED) is 0.382. The molecule has 1 N–H and O–H groups in total. The Morgan fingerprint density at radius 3 is 2.61 bits per heavy atom. The van der Waals surface area contributed by atoms with E-state index in [1.165, 1.54) is 0 Å². The lowest BCUT2D eigenvalue weighted by Crippen LogP contribution is -2.34. The molecule has 0 unspecified atom stereocenters. The van der Waals surface area contributed by atoms with Crippen molar-refractivity contribution in [1.82, 2.24) is 24.6 Å². The summed E-state index contributed by atoms with van der Waals surface area (Å²) in [5.74, 6) is 0.464. The van der Waals surface area contributed by atoms with E-state index in [9.17, 15) is 5.11 Å². The zero-order valence-electron chi connectivity index (χ0n) is 20.7. The van der Waals surface area contributed by atoms with Crippen LogP contribution in [-0.4, -0.2) is 56.0 Å². The van der Waals surface area contributed by atoms with Gasteiger partial charge in [-0.25, -0.2) is 4.98 Å². The number of nitrogens with zero attached hydrogens (tertiary/aromatic N) is 6. The first kappa shape index (κ1) is 24.8. The lowest BCUT2D eigenvalue weighted by atomic mass is 10.1. The van der Waals surface area contributed by atoms with Crippen molar-refractivity contribution in [3.63, 3.8) is 0 Å². The monoisotopic (exact) mass is 526 g/mol. The number of aryl methyl sites for hydroxylation is 1. The lowest BCUT2D eigenvalue weighted by molar-refractivity contribution is 0.224. The van der Waals surface area contributed by atoms with Crippen molar-refractivity contribution in [1.29, 1.82) is 0 Å². The number of hydrogen-bond acceptors (Lipinski definition) is 7. The predicted octanol–water partition coefficient (Wildman–Crippen LogP) is 5.20. The average Bonchev–Trinajstić information content (AvgIpc) is 3.21. The molecule has 0 atom stereocenters. The van der Waals surface area contributed by atoms with E-state index < -0.39 is 0 Å². The summed E-state index contributed by atoms with van der Waals surface area (Å²) >= 11 is 13.7. The van der Waals surface area contributed by atoms with Crippen molar-refractivity contribution < 1.29 is 9.84 Å². The molecule has 1 aliphatic heterocycles. The highest BCUT2D eigenvalue weighted by atomic mass is 35.5. The molecule has 2 aromatic carbocycles. The summed E-state index contributed by atoms with van der Waals surface area (Å²) in [5.41, 5.74) is 6.46. The van der Waals surface area contributed by atoms with Gasteiger partial charge in [-0.05, 0) is 32.0 Å². The van der Waals surface area contributed by atoms with Gasteiger partial charge in [0.2, 0.25) is 0 Å². The van der Waals surface area contributed by atoms with Crippen molar-refractivity contribution in [2.45, 2.75) is 33.0 Å². The van der Waals surface area contributed by atoms with Gasteiger partial charge in [0.15, 0.2) is 0 Å². The highest BCUT2D eigenvalue weighted by molar-refractivity contribution is 6.40. The van der Waals surface area contributed by atoms with E-state index in [-0.39, 0.29) is 6.61 Å². The number of rotatable bonds is 5. The number of fused-ring (bicyclic) bond motifs is 3. The SMILES string of the molecule is COc1cc(CO)c(Cl)c(N2CCN(C(C)C)Cc3c2ccc2ncc(-c4cnn(C)c4)nc32)c1Cl. The Hall–Kier alpha value is -2.91. The number of benzene rings is 2. The van der Waals surface area contributed by atoms with Gasteiger partial charge in [-0.2, -0.15) is 5.10 Å². The molecule has 188 valence electrons. The molecule has 0 saturated carbocycles. The summed E-state index contributed by atoms with van der Waals surface area (Å²) in [6.45, 7) is 6.25. The smallest absolute Gasteiger partial charge is 0.140 e. The van der Waals surface area contributed by atoms with E-state index >= 15 is 0 Å². The summed E-state index contributed by atoms with van der Waals surface area (Å²) in [4.78, 5) is 14.3. The van der Waals surface area contributed by atoms with Crippen LogP contribution in [0.1, 0.15) is 25.0 Å². The largest absolute Gasteiger partial charge is 0.495 e. The molecule has 0 radical (unpaired) electrons. The first-order valence-corrected chi connectivity index (χ1v) is 12.5. The highest BCUT2D eigenvalue weighted by Crippen LogP contribution is 2.47. The van der Waals surface area contributed by atoms with Crippen LogP contribution in [0.3, 0.4) is 0 Å². The first-order chi connectivity index (χ1) is 17.3. The zero-order chi connectivity index (χ0) is 25.6. The average molecular weight is 527 g/mol. The molecule has 5 rings (SSSR count). The fraction of sp³-hybridized carbons (Fsp3) is 0.346. The maximum absolute atomic E-state index is 9.96. The van der Waals surface area contributed by atoms with Crippen LogP contribution in [0.5, 0.6) is 5.75 Å². The third kappa shape index (κ3) is 4.28. The van der Waals surface area contributed by atoms with E-state index in [1.807, 2.05) is 25.4 Å². The number of ether oxygens (including phenoxy) is 1. The fourth-order valence-corrected chi connectivity index (χ4v) is 5.37. The van der Waals surface area contributed by atoms with Crippen LogP contribution in [0, 0.1) is 0 Å². The molecule has 8 nitrogen and oxygen atoms in total. The van der Waals surface area contributed by atoms with Gasteiger partial charge >= 0.3 is 0 Å². The molecular formula is C26H28Cl2N6O2. The topological polar surface area (TPSA) is 79.5 Å². The number of aliphatic hydroxyl groups is 1. The van der Waals surface area contributed by atoms with Gasteiger partial charge < -0.3 is 14.7 Å². The molecule has 0 fully saturated rings. The van der Waals surface area contributed by atoms with Gasteiger partial charge in [0.05, 0.1) is 53.5 Å². The minimum atomic E-state index is -0.226. The van der Waals surface area contributed by atoms with Crippen LogP contribution < -0.4 is 9.64 Å². The molecule has 0 bridgehead atoms. The van der Waals surface area contributed by atoms with Crippen LogP contribution in [-0.2, 0) is 20.2 Å². The number of halogens is 2. The normalized spacial score (nSPS) is 14.4. The number of aromatic nitrogens is 4. The van der Waals surface area contributed by atoms with Gasteiger partial charge in [0.25, 0.3) is 0 Å². The van der Waals surface area contributed by atoms with Crippen molar-refractivity contribution in [2.75, 3.05) is 25.1 Å². The second-order valence-corrected chi connectivity index (χ2v) is 9.93. The molecule has 2 aromatic heterocycles. The van der Waals surface area contributed by atoms with Crippen molar-refractivity contribution in [3.8, 4) is 17.0 Å². The van der Waals surface area contributed by atoms with Gasteiger partial charge in [0.1, 0.15) is 10.8 Å². The Balaban J connectivity index is 1.76. The van der Waals surface area contributed by atoms with E-state index in [4.69, 9.17) is 37.9 Å². The third-order valence-corrected chi connectivity index (χ3v) is 7.46. The second kappa shape index (κ2) is 9.86. The van der Waals surface area contributed by atoms with E-state index in [0.29, 0.717) is 46.2 Å². The maximum atomic E-state index is 9.96. The molecule has 10 heteroatoms. The van der Waals surface area contributed by atoms with Gasteiger partial charge in [-0.1, -0.05) is 23.2 Å². The van der Waals surface area contributed by atoms with Gasteiger partial charge in [-0.3, -0.25) is 14.6 Å². The molecule has 36 heavy (non-hydrogen) atoms. The molecule has 3 heterocycles. The summed E-state index contributed by atoms with van der Waals surface area (Å²) < 4.78 is 7.27. The van der Waals surface area contributed by atoms with Crippen LogP contribution >= 0.6 is 23.2 Å². The van der Waals surface area contributed by atoms with Gasteiger partial charge in [-0.15, -0.1) is 0 Å². The standard InChI is InChI=1S/C26H28Cl2N6O2/c1-15(2)33-7-8-34(26-23(27)16(14-35)9-22(36-4)24(26)28)21-6-5-19-25(18(21)13-33)31-20(11-29-19)17-10-30-32(3)12-17/h5-6,9-12,15,35H,7-8,13-14H2,1-4H3. The summed E-state index contributed by atoms with van der Waals surface area (Å²) in [6.07, 6.45) is 5.50. The lowest BCUT2D eigenvalue weighted by Gasteiger charge is -2.29. The summed E-state index contributed by atoms with van der Waals surface area (Å²) in [6, 6.07) is 6.01. The van der Waals surface area contributed by atoms with Crippen molar-refractivity contribution in [2.24, 2.45) is 7.05 Å². The van der Waals surface area contributed by atoms with E-state index in [0.717, 1.165) is 40.1 Å². The Bertz CT molecular complexity index is 1410. The maximum Gasteiger partial charge on any atom is 0.140 e. The van der Waals surface area contributed by atoms with Crippen molar-refractivity contribution >= 4 is 45.6 Å². The Labute approximate surface area is 220 Å². The van der Waals surface area contributed by atoms with Crippen molar-refractivity contribution in [3.05, 3.63) is 58.0 Å². The minimum Gasteiger partial charge on any atom is -0.495 e. The third-order valence-electron chi connectivity index (χ3n) is 6.67. The Morgan fingerprint density at radius 2 is 1.94 bits per heavy atom. The Morgan fingerprint density at radius 1 is 1.14 bits per heavy atom. The van der Waals surface area contributed by atoms with Crippen LogP contribution in [0.2, 0.25) is 10.0 Å². The first-order valence-electron chi connectivity index (χ1n) is 11.8. The van der Waals surface area contributed by atoms with E-state index in [1.54, 1.807) is 30.3 Å². The molecular weight excluding hydrogens is 499 g/mol. The van der Waals surface area contributed by atoms with Crippen LogP contribution in [0.25, 0.3) is 22.3 Å². The minimum absolute atomic E-state index is 0.226. The Kier molecular flexibility index (Phi) is 6.78. The molecule has 4 aromatic rings. The summed E-state index contributed by atoms with van der Waals surface area (Å²) in [7, 11) is 3.44. The van der Waals surface area contributed by atoms with Gasteiger partial charge in [0, 0.05) is 61.3 Å². The molecule has 0 spiro atoms. The van der Waals surface area contributed by atoms with E-state index in [2.05, 4.69) is 28.7 Å². The second-order valence-electron chi connectivity index (χ2n) is 9.18. The zero-order valence-corrected chi connectivity index (χ0v) is 22.2. The number of anilines is 2. The van der Waals surface area contributed by atoms with Crippen LogP contribution in [0.4, 0.5) is 11.4 Å². The highest BCUT2D eigenvalue weighted by Gasteiger charge is 2.29. The molecule has 1 aliphatic rings.